The van der Waals surface area contributed by atoms with Crippen LogP contribution in [0.5, 0.6) is 0 Å². The largest absolute Gasteiger partial charge is 0.334 e. The Labute approximate surface area is 148 Å². The smallest absolute Gasteiger partial charge is 0.258 e. The molecule has 1 aliphatic rings. The molecule has 0 aliphatic carbocycles. The number of anilines is 1. The number of amides is 1. The van der Waals surface area contributed by atoms with Gasteiger partial charge in [-0.2, -0.15) is 4.98 Å². The van der Waals surface area contributed by atoms with Crippen LogP contribution < -0.4 is 4.90 Å². The third kappa shape index (κ3) is 2.96. The van der Waals surface area contributed by atoms with E-state index in [9.17, 15) is 13.6 Å². The van der Waals surface area contributed by atoms with Crippen LogP contribution in [0.4, 0.5) is 14.5 Å². The second-order valence-electron chi connectivity index (χ2n) is 6.30. The topological polar surface area (TPSA) is 59.2 Å². The lowest BCUT2D eigenvalue weighted by Crippen LogP contribution is -2.25. The van der Waals surface area contributed by atoms with Crippen LogP contribution >= 0.6 is 0 Å². The number of nitrogens with zero attached hydrogens (tertiary/aromatic N) is 3. The minimum absolute atomic E-state index is 0.124. The Bertz CT molecular complexity index is 986. The molecule has 0 saturated carbocycles. The Morgan fingerprint density at radius 2 is 1.96 bits per heavy atom. The van der Waals surface area contributed by atoms with Crippen LogP contribution in [-0.2, 0) is 4.79 Å². The molecule has 0 spiro atoms. The van der Waals surface area contributed by atoms with Crippen LogP contribution in [0, 0.1) is 18.6 Å². The first-order valence-corrected chi connectivity index (χ1v) is 8.17. The Hall–Kier alpha value is -3.09. The molecular weight excluding hydrogens is 340 g/mol. The van der Waals surface area contributed by atoms with E-state index in [1.165, 1.54) is 24.3 Å². The predicted octanol–water partition coefficient (Wildman–Crippen LogP) is 3.84. The number of hydrogen-bond donors (Lipinski definition) is 0. The summed E-state index contributed by atoms with van der Waals surface area (Å²) in [6.07, 6.45) is 0.206. The van der Waals surface area contributed by atoms with Crippen molar-refractivity contribution in [3.05, 3.63) is 65.5 Å². The molecule has 1 saturated heterocycles. The number of rotatable bonds is 3. The van der Waals surface area contributed by atoms with Crippen LogP contribution in [0.15, 0.2) is 47.0 Å². The van der Waals surface area contributed by atoms with Crippen LogP contribution in [0.25, 0.3) is 11.5 Å². The fourth-order valence-corrected chi connectivity index (χ4v) is 3.13. The first-order valence-electron chi connectivity index (χ1n) is 8.17. The quantitative estimate of drug-likeness (QED) is 0.716. The summed E-state index contributed by atoms with van der Waals surface area (Å²) in [5, 5.41) is 3.95. The molecule has 1 aromatic heterocycles. The van der Waals surface area contributed by atoms with Gasteiger partial charge in [0.25, 0.3) is 5.89 Å². The lowest BCUT2D eigenvalue weighted by atomic mass is 10.1. The molecule has 0 N–H and O–H groups in total. The van der Waals surface area contributed by atoms with Crippen molar-refractivity contribution in [1.29, 1.82) is 0 Å². The van der Waals surface area contributed by atoms with Gasteiger partial charge in [0.1, 0.15) is 11.6 Å². The maximum Gasteiger partial charge on any atom is 0.258 e. The Balaban J connectivity index is 1.59. The zero-order chi connectivity index (χ0) is 18.3. The molecule has 0 bridgehead atoms. The van der Waals surface area contributed by atoms with E-state index >= 15 is 0 Å². The van der Waals surface area contributed by atoms with E-state index in [1.54, 1.807) is 23.1 Å². The van der Waals surface area contributed by atoms with Gasteiger partial charge < -0.3 is 9.42 Å². The maximum atomic E-state index is 13.6. The summed E-state index contributed by atoms with van der Waals surface area (Å²) < 4.78 is 32.1. The Kier molecular flexibility index (Phi) is 3.99. The molecule has 1 aliphatic heterocycles. The first kappa shape index (κ1) is 16.4. The Morgan fingerprint density at radius 3 is 2.77 bits per heavy atom. The highest BCUT2D eigenvalue weighted by atomic mass is 19.1. The van der Waals surface area contributed by atoms with Crippen molar-refractivity contribution in [1.82, 2.24) is 10.1 Å². The highest BCUT2D eigenvalue weighted by Crippen LogP contribution is 2.33. The molecule has 1 fully saturated rings. The van der Waals surface area contributed by atoms with Crippen molar-refractivity contribution < 1.29 is 18.1 Å². The van der Waals surface area contributed by atoms with Crippen molar-refractivity contribution in [3.63, 3.8) is 0 Å². The van der Waals surface area contributed by atoms with Crippen LogP contribution in [-0.4, -0.2) is 22.6 Å². The van der Waals surface area contributed by atoms with Gasteiger partial charge in [0.2, 0.25) is 5.91 Å². The van der Waals surface area contributed by atoms with Gasteiger partial charge in [-0.3, -0.25) is 4.79 Å². The van der Waals surface area contributed by atoms with Gasteiger partial charge in [-0.15, -0.1) is 0 Å². The molecule has 132 valence electrons. The molecule has 3 aromatic rings. The zero-order valence-electron chi connectivity index (χ0n) is 13.9. The number of aromatic nitrogens is 2. The first-order chi connectivity index (χ1) is 12.5. The molecule has 5 nitrogen and oxygen atoms in total. The summed E-state index contributed by atoms with van der Waals surface area (Å²) >= 11 is 0. The standard InChI is InChI=1S/C19H15F2N3O2/c1-11-5-6-15(21)9-16(11)24-10-13(8-17(24)25)18-22-19(26-23-18)12-3-2-4-14(20)7-12/h2-7,9,13H,8,10H2,1H3. The van der Waals surface area contributed by atoms with Gasteiger partial charge >= 0.3 is 0 Å². The molecular formula is C19H15F2N3O2. The average molecular weight is 355 g/mol. The lowest BCUT2D eigenvalue weighted by Gasteiger charge is -2.18. The number of aryl methyl sites for hydroxylation is 1. The molecule has 0 radical (unpaired) electrons. The van der Waals surface area contributed by atoms with E-state index in [0.717, 1.165) is 5.56 Å². The van der Waals surface area contributed by atoms with Gasteiger partial charge in [-0.1, -0.05) is 17.3 Å². The zero-order valence-corrected chi connectivity index (χ0v) is 13.9. The average Bonchev–Trinajstić information content (AvgIpc) is 3.24. The summed E-state index contributed by atoms with van der Waals surface area (Å²) in [5.41, 5.74) is 1.84. The fraction of sp³-hybridized carbons (Fsp3) is 0.211. The number of benzene rings is 2. The van der Waals surface area contributed by atoms with Crippen LogP contribution in [0.1, 0.15) is 23.7 Å². The summed E-state index contributed by atoms with van der Waals surface area (Å²) in [6.45, 7) is 2.16. The monoisotopic (exact) mass is 355 g/mol. The number of carbonyl (C=O) groups is 1. The minimum Gasteiger partial charge on any atom is -0.334 e. The number of halogens is 2. The van der Waals surface area contributed by atoms with Crippen molar-refractivity contribution in [2.75, 3.05) is 11.4 Å². The van der Waals surface area contributed by atoms with Gasteiger partial charge in [-0.05, 0) is 42.8 Å². The van der Waals surface area contributed by atoms with Gasteiger partial charge in [0.15, 0.2) is 5.82 Å². The number of hydrogen-bond acceptors (Lipinski definition) is 4. The van der Waals surface area contributed by atoms with Crippen molar-refractivity contribution in [2.45, 2.75) is 19.3 Å². The van der Waals surface area contributed by atoms with Crippen LogP contribution in [0.2, 0.25) is 0 Å². The van der Waals surface area contributed by atoms with E-state index in [2.05, 4.69) is 10.1 Å². The molecule has 1 amide bonds. The molecule has 26 heavy (non-hydrogen) atoms. The maximum absolute atomic E-state index is 13.6. The van der Waals surface area contributed by atoms with E-state index in [4.69, 9.17) is 4.52 Å². The van der Waals surface area contributed by atoms with Crippen molar-refractivity contribution in [3.8, 4) is 11.5 Å². The minimum atomic E-state index is -0.397. The second kappa shape index (κ2) is 6.33. The van der Waals surface area contributed by atoms with E-state index in [-0.39, 0.29) is 24.1 Å². The third-order valence-corrected chi connectivity index (χ3v) is 4.47. The highest BCUT2D eigenvalue weighted by molar-refractivity contribution is 5.97. The lowest BCUT2D eigenvalue weighted by molar-refractivity contribution is -0.117. The van der Waals surface area contributed by atoms with E-state index in [1.807, 2.05) is 6.92 Å². The fourth-order valence-electron chi connectivity index (χ4n) is 3.13. The van der Waals surface area contributed by atoms with Crippen molar-refractivity contribution in [2.24, 2.45) is 0 Å². The van der Waals surface area contributed by atoms with Gasteiger partial charge in [0, 0.05) is 30.1 Å². The highest BCUT2D eigenvalue weighted by Gasteiger charge is 2.35. The van der Waals surface area contributed by atoms with Gasteiger partial charge in [0.05, 0.1) is 0 Å². The van der Waals surface area contributed by atoms with E-state index < -0.39 is 11.6 Å². The van der Waals surface area contributed by atoms with E-state index in [0.29, 0.717) is 23.6 Å². The second-order valence-corrected chi connectivity index (χ2v) is 6.30. The molecule has 1 unspecified atom stereocenters. The molecule has 2 heterocycles. The normalized spacial score (nSPS) is 17.1. The molecule has 7 heteroatoms. The molecule has 2 aromatic carbocycles. The summed E-state index contributed by atoms with van der Waals surface area (Å²) in [6, 6.07) is 10.2. The molecule has 4 rings (SSSR count). The molecule has 1 atom stereocenters. The summed E-state index contributed by atoms with van der Waals surface area (Å²) in [7, 11) is 0. The Morgan fingerprint density at radius 1 is 1.15 bits per heavy atom. The summed E-state index contributed by atoms with van der Waals surface area (Å²) in [4.78, 5) is 18.3. The third-order valence-electron chi connectivity index (χ3n) is 4.47. The predicted molar refractivity (Wildman–Crippen MR) is 90.5 cm³/mol. The van der Waals surface area contributed by atoms with Crippen molar-refractivity contribution >= 4 is 11.6 Å². The van der Waals surface area contributed by atoms with Gasteiger partial charge in [-0.25, -0.2) is 8.78 Å². The SMILES string of the molecule is Cc1ccc(F)cc1N1CC(c2noc(-c3cccc(F)c3)n2)CC1=O. The van der Waals surface area contributed by atoms with Crippen LogP contribution in [0.3, 0.4) is 0 Å². The number of carbonyl (C=O) groups excluding carboxylic acids is 1. The summed E-state index contributed by atoms with van der Waals surface area (Å²) in [5.74, 6) is -0.598.